The van der Waals surface area contributed by atoms with Crippen LogP contribution in [0, 0.1) is 0 Å². The molecule has 4 nitrogen and oxygen atoms in total. The van der Waals surface area contributed by atoms with Gasteiger partial charge in [-0.05, 0) is 12.1 Å². The lowest BCUT2D eigenvalue weighted by atomic mass is 10.1. The third-order valence-electron chi connectivity index (χ3n) is 2.23. The van der Waals surface area contributed by atoms with Crippen LogP contribution >= 0.6 is 11.6 Å². The van der Waals surface area contributed by atoms with Gasteiger partial charge in [0.25, 0.3) is 0 Å². The number of benzene rings is 1. The van der Waals surface area contributed by atoms with Crippen LogP contribution in [0.4, 0.5) is 5.82 Å². The molecule has 1 heterocycles. The Balaban J connectivity index is 2.72. The first-order chi connectivity index (χ1) is 7.63. The van der Waals surface area contributed by atoms with Gasteiger partial charge in [-0.15, -0.1) is 0 Å². The normalized spacial score (nSPS) is 10.4. The molecule has 2 rings (SSSR count). The fourth-order valence-electron chi connectivity index (χ4n) is 1.45. The summed E-state index contributed by atoms with van der Waals surface area (Å²) >= 11 is 5.96. The molecule has 0 unspecified atom stereocenters. The van der Waals surface area contributed by atoms with Gasteiger partial charge < -0.3 is 10.5 Å². The minimum atomic E-state index is -0.508. The largest absolute Gasteiger partial charge is 0.465 e. The van der Waals surface area contributed by atoms with Crippen LogP contribution in [-0.4, -0.2) is 18.1 Å². The van der Waals surface area contributed by atoms with E-state index in [1.54, 1.807) is 24.3 Å². The number of ether oxygens (including phenoxy) is 1. The van der Waals surface area contributed by atoms with Crippen LogP contribution in [-0.2, 0) is 4.74 Å². The Labute approximate surface area is 97.0 Å². The second kappa shape index (κ2) is 3.98. The first-order valence-corrected chi connectivity index (χ1v) is 4.94. The lowest BCUT2D eigenvalue weighted by Crippen LogP contribution is -2.07. The van der Waals surface area contributed by atoms with E-state index in [4.69, 9.17) is 17.3 Å². The fraction of sp³-hybridized carbons (Fsp3) is 0.0909. The molecule has 0 aliphatic carbocycles. The lowest BCUT2D eigenvalue weighted by molar-refractivity contribution is 0.0602. The van der Waals surface area contributed by atoms with E-state index in [9.17, 15) is 4.79 Å². The summed E-state index contributed by atoms with van der Waals surface area (Å²) in [6, 6.07) is 6.92. The van der Waals surface area contributed by atoms with E-state index in [0.29, 0.717) is 10.5 Å². The zero-order valence-electron chi connectivity index (χ0n) is 8.53. The Morgan fingerprint density at radius 3 is 2.94 bits per heavy atom. The highest BCUT2D eigenvalue weighted by molar-refractivity contribution is 6.35. The molecule has 1 aromatic heterocycles. The molecular formula is C11H9ClN2O2. The van der Waals surface area contributed by atoms with Gasteiger partial charge in [0.05, 0.1) is 17.6 Å². The fourth-order valence-corrected chi connectivity index (χ4v) is 1.67. The molecule has 16 heavy (non-hydrogen) atoms. The molecule has 5 heteroatoms. The molecule has 0 saturated carbocycles. The second-order valence-electron chi connectivity index (χ2n) is 3.22. The summed E-state index contributed by atoms with van der Waals surface area (Å²) in [5.74, 6) is -0.390. The average molecular weight is 237 g/mol. The number of methoxy groups -OCH3 is 1. The first-order valence-electron chi connectivity index (χ1n) is 4.56. The summed E-state index contributed by atoms with van der Waals surface area (Å²) in [5, 5.41) is 1.25. The lowest BCUT2D eigenvalue weighted by Gasteiger charge is -2.06. The smallest absolute Gasteiger partial charge is 0.341 e. The van der Waals surface area contributed by atoms with E-state index in [-0.39, 0.29) is 11.4 Å². The Hall–Kier alpha value is -1.81. The maximum absolute atomic E-state index is 11.4. The molecule has 0 saturated heterocycles. The number of rotatable bonds is 1. The number of nitrogen functional groups attached to an aromatic ring is 1. The Morgan fingerprint density at radius 2 is 2.25 bits per heavy atom. The van der Waals surface area contributed by atoms with E-state index in [0.717, 1.165) is 5.39 Å². The Kier molecular flexibility index (Phi) is 2.66. The van der Waals surface area contributed by atoms with Gasteiger partial charge in [0.2, 0.25) is 0 Å². The average Bonchev–Trinajstić information content (AvgIpc) is 2.29. The van der Waals surface area contributed by atoms with Gasteiger partial charge in [0.15, 0.2) is 0 Å². The molecule has 0 amide bonds. The number of carbonyl (C=O) groups is 1. The van der Waals surface area contributed by atoms with Crippen LogP contribution in [0.3, 0.4) is 0 Å². The van der Waals surface area contributed by atoms with E-state index in [1.165, 1.54) is 7.11 Å². The van der Waals surface area contributed by atoms with Gasteiger partial charge in [0, 0.05) is 5.39 Å². The van der Waals surface area contributed by atoms with Gasteiger partial charge >= 0.3 is 5.97 Å². The molecule has 0 atom stereocenters. The summed E-state index contributed by atoms with van der Waals surface area (Å²) in [7, 11) is 1.30. The molecule has 2 N–H and O–H groups in total. The summed E-state index contributed by atoms with van der Waals surface area (Å²) in [5.41, 5.74) is 6.49. The number of nitrogens with two attached hydrogens (primary N) is 1. The molecule has 1 aromatic carbocycles. The van der Waals surface area contributed by atoms with Crippen molar-refractivity contribution in [3.63, 3.8) is 0 Å². The van der Waals surface area contributed by atoms with Crippen LogP contribution in [0.25, 0.3) is 10.9 Å². The number of halogens is 1. The number of aromatic nitrogens is 1. The van der Waals surface area contributed by atoms with Crippen molar-refractivity contribution < 1.29 is 9.53 Å². The molecule has 0 fully saturated rings. The summed E-state index contributed by atoms with van der Waals surface area (Å²) in [4.78, 5) is 15.5. The number of pyridine rings is 1. The van der Waals surface area contributed by atoms with Crippen molar-refractivity contribution in [2.24, 2.45) is 0 Å². The van der Waals surface area contributed by atoms with Gasteiger partial charge in [-0.3, -0.25) is 0 Å². The zero-order chi connectivity index (χ0) is 11.7. The van der Waals surface area contributed by atoms with Crippen molar-refractivity contribution >= 4 is 34.3 Å². The molecule has 0 aliphatic rings. The van der Waals surface area contributed by atoms with Gasteiger partial charge in [-0.2, -0.15) is 0 Å². The highest BCUT2D eigenvalue weighted by Crippen LogP contribution is 2.24. The number of para-hydroxylation sites is 1. The maximum atomic E-state index is 11.4. The Bertz CT molecular complexity index is 569. The predicted molar refractivity (Wildman–Crippen MR) is 62.5 cm³/mol. The molecular weight excluding hydrogens is 228 g/mol. The minimum absolute atomic E-state index is 0.118. The van der Waals surface area contributed by atoms with Crippen LogP contribution in [0.15, 0.2) is 24.3 Å². The van der Waals surface area contributed by atoms with Crippen molar-refractivity contribution in [3.8, 4) is 0 Å². The minimum Gasteiger partial charge on any atom is -0.465 e. The van der Waals surface area contributed by atoms with Crippen molar-refractivity contribution in [3.05, 3.63) is 34.9 Å². The first kappa shape index (κ1) is 10.7. The topological polar surface area (TPSA) is 65.2 Å². The summed E-state index contributed by atoms with van der Waals surface area (Å²) in [6.07, 6.45) is 0. The third-order valence-corrected chi connectivity index (χ3v) is 2.54. The van der Waals surface area contributed by atoms with Crippen LogP contribution in [0.2, 0.25) is 5.02 Å². The van der Waals surface area contributed by atoms with Crippen molar-refractivity contribution in [1.29, 1.82) is 0 Å². The predicted octanol–water partition coefficient (Wildman–Crippen LogP) is 2.26. The number of nitrogens with zero attached hydrogens (tertiary/aromatic N) is 1. The quantitative estimate of drug-likeness (QED) is 0.772. The van der Waals surface area contributed by atoms with Crippen molar-refractivity contribution in [2.75, 3.05) is 12.8 Å². The summed E-state index contributed by atoms with van der Waals surface area (Å²) < 4.78 is 4.60. The zero-order valence-corrected chi connectivity index (χ0v) is 9.28. The van der Waals surface area contributed by atoms with Crippen LogP contribution < -0.4 is 5.73 Å². The van der Waals surface area contributed by atoms with E-state index in [1.807, 2.05) is 0 Å². The van der Waals surface area contributed by atoms with Gasteiger partial charge in [-0.25, -0.2) is 9.78 Å². The standard InChI is InChI=1S/C11H9ClN2O2/c1-16-11(15)7-5-6-3-2-4-8(12)9(6)14-10(7)13/h2-5H,1H3,(H2,13,14). The van der Waals surface area contributed by atoms with E-state index in [2.05, 4.69) is 9.72 Å². The molecule has 0 bridgehead atoms. The SMILES string of the molecule is COC(=O)c1cc2cccc(Cl)c2nc1N. The Morgan fingerprint density at radius 1 is 1.50 bits per heavy atom. The molecule has 0 spiro atoms. The second-order valence-corrected chi connectivity index (χ2v) is 3.63. The number of fused-ring (bicyclic) bond motifs is 1. The molecule has 2 aromatic rings. The number of hydrogen-bond donors (Lipinski definition) is 1. The van der Waals surface area contributed by atoms with E-state index >= 15 is 0 Å². The molecule has 0 aliphatic heterocycles. The maximum Gasteiger partial charge on any atom is 0.341 e. The van der Waals surface area contributed by atoms with Crippen molar-refractivity contribution in [2.45, 2.75) is 0 Å². The number of anilines is 1. The highest BCUT2D eigenvalue weighted by atomic mass is 35.5. The van der Waals surface area contributed by atoms with E-state index < -0.39 is 5.97 Å². The van der Waals surface area contributed by atoms with Gasteiger partial charge in [0.1, 0.15) is 11.4 Å². The number of esters is 1. The van der Waals surface area contributed by atoms with Crippen LogP contribution in [0.1, 0.15) is 10.4 Å². The summed E-state index contributed by atoms with van der Waals surface area (Å²) in [6.45, 7) is 0. The molecule has 82 valence electrons. The monoisotopic (exact) mass is 236 g/mol. The van der Waals surface area contributed by atoms with Gasteiger partial charge in [-0.1, -0.05) is 23.7 Å². The third kappa shape index (κ3) is 1.67. The van der Waals surface area contributed by atoms with Crippen molar-refractivity contribution in [1.82, 2.24) is 4.98 Å². The number of hydrogen-bond acceptors (Lipinski definition) is 4. The number of carbonyl (C=O) groups excluding carboxylic acids is 1. The van der Waals surface area contributed by atoms with Crippen LogP contribution in [0.5, 0.6) is 0 Å². The molecule has 0 radical (unpaired) electrons. The highest BCUT2D eigenvalue weighted by Gasteiger charge is 2.13.